The summed E-state index contributed by atoms with van der Waals surface area (Å²) >= 11 is 0. The molecular weight excluding hydrogens is 446 g/mol. The highest BCUT2D eigenvalue weighted by Gasteiger charge is 2.32. The highest BCUT2D eigenvalue weighted by Crippen LogP contribution is 2.30. The lowest BCUT2D eigenvalue weighted by atomic mass is 9.95. The summed E-state index contributed by atoms with van der Waals surface area (Å²) in [5.74, 6) is 0.647. The van der Waals surface area contributed by atoms with Crippen LogP contribution in [0.2, 0.25) is 0 Å². The molecule has 1 fully saturated rings. The molecule has 9 nitrogen and oxygen atoms in total. The first-order chi connectivity index (χ1) is 17.1. The summed E-state index contributed by atoms with van der Waals surface area (Å²) in [6, 6.07) is 11.6. The van der Waals surface area contributed by atoms with Gasteiger partial charge in [-0.15, -0.1) is 0 Å². The normalized spacial score (nSPS) is 18.1. The second-order valence-corrected chi connectivity index (χ2v) is 8.90. The Kier molecular flexibility index (Phi) is 6.76. The number of rotatable bonds is 6. The fourth-order valence-electron chi connectivity index (χ4n) is 4.65. The molecule has 1 atom stereocenters. The predicted octanol–water partition coefficient (Wildman–Crippen LogP) is 2.73. The van der Waals surface area contributed by atoms with Gasteiger partial charge in [0.15, 0.2) is 5.69 Å². The minimum atomic E-state index is -0.105. The Labute approximate surface area is 204 Å². The summed E-state index contributed by atoms with van der Waals surface area (Å²) in [5.41, 5.74) is 3.32. The zero-order valence-corrected chi connectivity index (χ0v) is 19.7. The van der Waals surface area contributed by atoms with Crippen LogP contribution in [0, 0.1) is 5.92 Å². The number of piperidine rings is 1. The molecule has 0 aliphatic carbocycles. The highest BCUT2D eigenvalue weighted by atomic mass is 16.5. The topological polar surface area (TPSA) is 98.6 Å². The fourth-order valence-corrected chi connectivity index (χ4v) is 4.65. The highest BCUT2D eigenvalue weighted by molar-refractivity contribution is 5.93. The van der Waals surface area contributed by atoms with E-state index in [9.17, 15) is 9.59 Å². The van der Waals surface area contributed by atoms with Gasteiger partial charge in [0.25, 0.3) is 5.91 Å². The maximum atomic E-state index is 13.2. The molecule has 2 aliphatic rings. The standard InChI is InChI=1S/C26H29N5O4/c1-34-21-4-2-19(3-5-21)23-15-31-17-29-24(22(31)16-35-23)26(33)30-12-8-20(9-13-30)25(32)28-14-18-6-10-27-11-7-18/h2-7,10-11,17,20,23H,8-9,12-16H2,1H3,(H,28,32)/t23-/m1/s1. The number of ether oxygens (including phenoxy) is 2. The Morgan fingerprint density at radius 1 is 1.11 bits per heavy atom. The number of hydrogen-bond donors (Lipinski definition) is 1. The van der Waals surface area contributed by atoms with Gasteiger partial charge in [-0.05, 0) is 48.2 Å². The van der Waals surface area contributed by atoms with Crippen molar-refractivity contribution in [2.24, 2.45) is 5.92 Å². The van der Waals surface area contributed by atoms with E-state index in [1.54, 1.807) is 30.7 Å². The Hall–Kier alpha value is -3.72. The van der Waals surface area contributed by atoms with Crippen molar-refractivity contribution in [3.8, 4) is 5.75 Å². The number of nitrogens with one attached hydrogen (secondary N) is 1. The van der Waals surface area contributed by atoms with Crippen molar-refractivity contribution in [3.05, 3.63) is 77.6 Å². The molecule has 2 amide bonds. The molecule has 0 radical (unpaired) electrons. The van der Waals surface area contributed by atoms with E-state index in [4.69, 9.17) is 9.47 Å². The Morgan fingerprint density at radius 2 is 1.86 bits per heavy atom. The average molecular weight is 476 g/mol. The molecule has 182 valence electrons. The Bertz CT molecular complexity index is 1170. The molecule has 2 aromatic heterocycles. The quantitative estimate of drug-likeness (QED) is 0.589. The average Bonchev–Trinajstić information content (AvgIpc) is 3.35. The van der Waals surface area contributed by atoms with Gasteiger partial charge in [-0.2, -0.15) is 0 Å². The molecular formula is C26H29N5O4. The number of carbonyl (C=O) groups is 2. The number of likely N-dealkylation sites (tertiary alicyclic amines) is 1. The van der Waals surface area contributed by atoms with Crippen molar-refractivity contribution in [2.75, 3.05) is 20.2 Å². The van der Waals surface area contributed by atoms with Crippen LogP contribution in [0.5, 0.6) is 5.75 Å². The van der Waals surface area contributed by atoms with Crippen molar-refractivity contribution in [3.63, 3.8) is 0 Å². The van der Waals surface area contributed by atoms with E-state index in [1.807, 2.05) is 41.0 Å². The second-order valence-electron chi connectivity index (χ2n) is 8.90. The summed E-state index contributed by atoms with van der Waals surface area (Å²) in [5, 5.41) is 3.00. The third kappa shape index (κ3) is 5.05. The third-order valence-electron chi connectivity index (χ3n) is 6.79. The van der Waals surface area contributed by atoms with E-state index in [1.165, 1.54) is 0 Å². The van der Waals surface area contributed by atoms with Crippen LogP contribution in [0.1, 0.15) is 46.3 Å². The van der Waals surface area contributed by atoms with E-state index in [0.717, 1.165) is 22.6 Å². The van der Waals surface area contributed by atoms with Gasteiger partial charge in [-0.25, -0.2) is 4.98 Å². The number of nitrogens with zero attached hydrogens (tertiary/aromatic N) is 4. The van der Waals surface area contributed by atoms with E-state index < -0.39 is 0 Å². The number of aromatic nitrogens is 3. The molecule has 0 bridgehead atoms. The predicted molar refractivity (Wildman–Crippen MR) is 127 cm³/mol. The van der Waals surface area contributed by atoms with Gasteiger partial charge >= 0.3 is 0 Å². The number of hydrogen-bond acceptors (Lipinski definition) is 6. The summed E-state index contributed by atoms with van der Waals surface area (Å²) < 4.78 is 13.3. The van der Waals surface area contributed by atoms with Gasteiger partial charge in [0.2, 0.25) is 5.91 Å². The number of methoxy groups -OCH3 is 1. The lowest BCUT2D eigenvalue weighted by Gasteiger charge is -2.31. The zero-order chi connectivity index (χ0) is 24.2. The van der Waals surface area contributed by atoms with Crippen LogP contribution in [0.4, 0.5) is 0 Å². The molecule has 9 heteroatoms. The molecule has 1 N–H and O–H groups in total. The number of carbonyl (C=O) groups excluding carboxylic acids is 2. The third-order valence-corrected chi connectivity index (χ3v) is 6.79. The monoisotopic (exact) mass is 475 g/mol. The number of fused-ring (bicyclic) bond motifs is 1. The molecule has 1 saturated heterocycles. The smallest absolute Gasteiger partial charge is 0.274 e. The number of amides is 2. The van der Waals surface area contributed by atoms with Gasteiger partial charge in [0, 0.05) is 37.9 Å². The molecule has 3 aromatic rings. The van der Waals surface area contributed by atoms with Gasteiger partial charge in [0.05, 0.1) is 32.3 Å². The molecule has 35 heavy (non-hydrogen) atoms. The van der Waals surface area contributed by atoms with Crippen LogP contribution in [-0.2, 0) is 29.2 Å². The van der Waals surface area contributed by atoms with Crippen molar-refractivity contribution in [1.29, 1.82) is 0 Å². The number of pyridine rings is 1. The van der Waals surface area contributed by atoms with E-state index in [2.05, 4.69) is 15.3 Å². The number of imidazole rings is 1. The van der Waals surface area contributed by atoms with Crippen molar-refractivity contribution >= 4 is 11.8 Å². The van der Waals surface area contributed by atoms with Crippen molar-refractivity contribution < 1.29 is 19.1 Å². The summed E-state index contributed by atoms with van der Waals surface area (Å²) in [6.45, 7) is 2.48. The Balaban J connectivity index is 1.16. The molecule has 1 aromatic carbocycles. The Morgan fingerprint density at radius 3 is 2.57 bits per heavy atom. The molecule has 4 heterocycles. The van der Waals surface area contributed by atoms with E-state index in [-0.39, 0.29) is 23.8 Å². The second kappa shape index (κ2) is 10.3. The molecule has 2 aliphatic heterocycles. The first-order valence-electron chi connectivity index (χ1n) is 11.9. The van der Waals surface area contributed by atoms with E-state index >= 15 is 0 Å². The van der Waals surface area contributed by atoms with Gasteiger partial charge in [-0.1, -0.05) is 12.1 Å². The molecule has 0 saturated carbocycles. The fraction of sp³-hybridized carbons (Fsp3) is 0.385. The van der Waals surface area contributed by atoms with Gasteiger partial charge < -0.3 is 24.3 Å². The minimum Gasteiger partial charge on any atom is -0.497 e. The minimum absolute atomic E-state index is 0.0336. The largest absolute Gasteiger partial charge is 0.497 e. The van der Waals surface area contributed by atoms with Crippen LogP contribution in [0.25, 0.3) is 0 Å². The van der Waals surface area contributed by atoms with Crippen LogP contribution < -0.4 is 10.1 Å². The van der Waals surface area contributed by atoms with Crippen molar-refractivity contribution in [1.82, 2.24) is 24.8 Å². The summed E-state index contributed by atoms with van der Waals surface area (Å²) in [6.07, 6.45) is 6.32. The van der Waals surface area contributed by atoms with E-state index in [0.29, 0.717) is 51.3 Å². The summed E-state index contributed by atoms with van der Waals surface area (Å²) in [7, 11) is 1.64. The first kappa shape index (κ1) is 23.0. The van der Waals surface area contributed by atoms with Crippen LogP contribution in [0.3, 0.4) is 0 Å². The lowest BCUT2D eigenvalue weighted by molar-refractivity contribution is -0.126. The first-order valence-corrected chi connectivity index (χ1v) is 11.9. The molecule has 0 unspecified atom stereocenters. The zero-order valence-electron chi connectivity index (χ0n) is 19.7. The van der Waals surface area contributed by atoms with Crippen LogP contribution in [0.15, 0.2) is 55.1 Å². The van der Waals surface area contributed by atoms with Crippen LogP contribution in [-0.4, -0.2) is 51.4 Å². The maximum absolute atomic E-state index is 13.2. The maximum Gasteiger partial charge on any atom is 0.274 e. The molecule has 0 spiro atoms. The lowest BCUT2D eigenvalue weighted by Crippen LogP contribution is -2.43. The number of benzene rings is 1. The molecule has 5 rings (SSSR count). The SMILES string of the molecule is COc1ccc([C@H]2Cn3cnc(C(=O)N4CCC(C(=O)NCc5ccncc5)CC4)c3CO2)cc1. The van der Waals surface area contributed by atoms with Gasteiger partial charge in [0.1, 0.15) is 11.9 Å². The van der Waals surface area contributed by atoms with Crippen LogP contribution >= 0.6 is 0 Å². The van der Waals surface area contributed by atoms with Gasteiger partial charge in [-0.3, -0.25) is 14.6 Å². The van der Waals surface area contributed by atoms with Crippen molar-refractivity contribution in [2.45, 2.75) is 38.6 Å². The summed E-state index contributed by atoms with van der Waals surface area (Å²) in [4.78, 5) is 36.0.